The van der Waals surface area contributed by atoms with E-state index >= 15 is 0 Å². The Morgan fingerprint density at radius 1 is 0.929 bits per heavy atom. The van der Waals surface area contributed by atoms with Gasteiger partial charge in [-0.05, 0) is 54.8 Å². The second kappa shape index (κ2) is 11.2. The van der Waals surface area contributed by atoms with Crippen LogP contribution in [-0.2, 0) is 31.2 Å². The summed E-state index contributed by atoms with van der Waals surface area (Å²) in [5, 5.41) is 24.0. The number of sulfone groups is 1. The van der Waals surface area contributed by atoms with Gasteiger partial charge in [-0.3, -0.25) is 4.79 Å². The zero-order valence-corrected chi connectivity index (χ0v) is 24.2. The van der Waals surface area contributed by atoms with Crippen molar-refractivity contribution in [1.29, 1.82) is 0 Å². The molecule has 0 radical (unpaired) electrons. The molecule has 220 valence electrons. The Balaban J connectivity index is 1.39. The SMILES string of the molecule is CS(=O)(=O)CCNc1nc(NCc2ccc(S(N)(=O)=O)cc2)nc2ccc(-c3ccc(NC(=O)C4(O)CC4)cc3)nc12. The minimum Gasteiger partial charge on any atom is -0.380 e. The van der Waals surface area contributed by atoms with Crippen LogP contribution in [0.3, 0.4) is 0 Å². The smallest absolute Gasteiger partial charge is 0.256 e. The normalized spacial score (nSPS) is 14.4. The van der Waals surface area contributed by atoms with Gasteiger partial charge in [-0.1, -0.05) is 24.3 Å². The highest BCUT2D eigenvalue weighted by Gasteiger charge is 2.48. The average molecular weight is 612 g/mol. The van der Waals surface area contributed by atoms with Crippen LogP contribution in [0.2, 0.25) is 0 Å². The lowest BCUT2D eigenvalue weighted by Gasteiger charge is -2.13. The number of sulfonamides is 1. The van der Waals surface area contributed by atoms with Crippen molar-refractivity contribution in [1.82, 2.24) is 15.0 Å². The number of benzene rings is 2. The number of nitrogens with one attached hydrogen (secondary N) is 3. The number of amides is 1. The molecule has 0 unspecified atom stereocenters. The molecule has 13 nitrogen and oxygen atoms in total. The lowest BCUT2D eigenvalue weighted by molar-refractivity contribution is -0.125. The van der Waals surface area contributed by atoms with Crippen molar-refractivity contribution in [2.24, 2.45) is 5.14 Å². The van der Waals surface area contributed by atoms with Gasteiger partial charge in [0.25, 0.3) is 5.91 Å². The van der Waals surface area contributed by atoms with Crippen LogP contribution in [0.25, 0.3) is 22.3 Å². The molecular weight excluding hydrogens is 582 g/mol. The summed E-state index contributed by atoms with van der Waals surface area (Å²) in [6.07, 6.45) is 2.05. The second-order valence-corrected chi connectivity index (χ2v) is 13.9. The summed E-state index contributed by atoms with van der Waals surface area (Å²) >= 11 is 0. The van der Waals surface area contributed by atoms with Crippen LogP contribution >= 0.6 is 0 Å². The van der Waals surface area contributed by atoms with Crippen molar-refractivity contribution < 1.29 is 26.7 Å². The topological polar surface area (TPSA) is 206 Å². The first-order chi connectivity index (χ1) is 19.8. The van der Waals surface area contributed by atoms with E-state index in [1.165, 1.54) is 12.1 Å². The minimum absolute atomic E-state index is 0.00338. The molecule has 5 rings (SSSR count). The molecule has 0 atom stereocenters. The number of carbonyl (C=O) groups excluding carboxylic acids is 1. The fourth-order valence-electron chi connectivity index (χ4n) is 4.03. The number of nitrogens with two attached hydrogens (primary N) is 1. The molecule has 2 aromatic heterocycles. The van der Waals surface area contributed by atoms with E-state index in [1.807, 2.05) is 0 Å². The Labute approximate surface area is 242 Å². The van der Waals surface area contributed by atoms with E-state index in [4.69, 9.17) is 10.1 Å². The molecule has 15 heteroatoms. The number of hydrogen-bond acceptors (Lipinski definition) is 11. The Bertz CT molecular complexity index is 1860. The third kappa shape index (κ3) is 7.17. The number of hydrogen-bond donors (Lipinski definition) is 5. The predicted octanol–water partition coefficient (Wildman–Crippen LogP) is 1.87. The van der Waals surface area contributed by atoms with Crippen LogP contribution < -0.4 is 21.1 Å². The lowest BCUT2D eigenvalue weighted by Crippen LogP contribution is -2.29. The molecule has 1 aliphatic rings. The van der Waals surface area contributed by atoms with E-state index in [9.17, 15) is 26.7 Å². The molecule has 0 saturated heterocycles. The number of fused-ring (bicyclic) bond motifs is 1. The number of pyridine rings is 1. The third-order valence-corrected chi connectivity index (χ3v) is 8.47. The molecular formula is C27H29N7O6S2. The molecule has 1 aliphatic carbocycles. The van der Waals surface area contributed by atoms with E-state index < -0.39 is 31.4 Å². The standard InChI is InChI=1S/C27H29N7O6S2/c1-41(37,38)15-14-29-24-23-22(33-26(34-24)30-16-17-2-8-20(9-3-17)42(28,39)40)11-10-21(32-23)18-4-6-19(7-5-18)31-25(35)27(36)12-13-27/h2-11,36H,12-16H2,1H3,(H,31,35)(H2,28,39,40)(H2,29,30,33,34). The first-order valence-corrected chi connectivity index (χ1v) is 16.5. The van der Waals surface area contributed by atoms with E-state index in [0.29, 0.717) is 41.1 Å². The molecule has 42 heavy (non-hydrogen) atoms. The van der Waals surface area contributed by atoms with Crippen molar-refractivity contribution in [2.45, 2.75) is 29.9 Å². The number of nitrogens with zero attached hydrogens (tertiary/aromatic N) is 3. The Hall–Kier alpha value is -4.18. The summed E-state index contributed by atoms with van der Waals surface area (Å²) in [5.74, 6) is 0.0524. The van der Waals surface area contributed by atoms with Gasteiger partial charge in [-0.15, -0.1) is 0 Å². The first kappa shape index (κ1) is 29.3. The van der Waals surface area contributed by atoms with Crippen LogP contribution in [-0.4, -0.2) is 67.0 Å². The van der Waals surface area contributed by atoms with Crippen molar-refractivity contribution in [3.8, 4) is 11.3 Å². The molecule has 1 saturated carbocycles. The molecule has 0 bridgehead atoms. The van der Waals surface area contributed by atoms with Gasteiger partial charge in [0.15, 0.2) is 5.82 Å². The highest BCUT2D eigenvalue weighted by molar-refractivity contribution is 7.90. The molecule has 1 amide bonds. The fraction of sp³-hybridized carbons (Fsp3) is 0.259. The zero-order chi connectivity index (χ0) is 30.1. The van der Waals surface area contributed by atoms with Crippen molar-refractivity contribution >= 4 is 54.3 Å². The Kier molecular flexibility index (Phi) is 7.85. The zero-order valence-electron chi connectivity index (χ0n) is 22.5. The van der Waals surface area contributed by atoms with Crippen LogP contribution in [0.4, 0.5) is 17.5 Å². The maximum Gasteiger partial charge on any atom is 0.256 e. The van der Waals surface area contributed by atoms with Crippen LogP contribution in [0.15, 0.2) is 65.6 Å². The lowest BCUT2D eigenvalue weighted by atomic mass is 10.1. The van der Waals surface area contributed by atoms with Gasteiger partial charge >= 0.3 is 0 Å². The second-order valence-electron chi connectivity index (χ2n) is 10.1. The fourth-order valence-corrected chi connectivity index (χ4v) is 5.02. The van der Waals surface area contributed by atoms with Gasteiger partial charge in [0, 0.05) is 30.6 Å². The summed E-state index contributed by atoms with van der Waals surface area (Å²) in [6.45, 7) is 0.386. The summed E-state index contributed by atoms with van der Waals surface area (Å²) in [4.78, 5) is 25.9. The van der Waals surface area contributed by atoms with Crippen LogP contribution in [0.1, 0.15) is 18.4 Å². The number of rotatable bonds is 11. The largest absolute Gasteiger partial charge is 0.380 e. The molecule has 6 N–H and O–H groups in total. The van der Waals surface area contributed by atoms with Gasteiger partial charge < -0.3 is 21.1 Å². The number of carbonyl (C=O) groups is 1. The van der Waals surface area contributed by atoms with E-state index in [2.05, 4.69) is 25.9 Å². The Morgan fingerprint density at radius 3 is 2.24 bits per heavy atom. The van der Waals surface area contributed by atoms with Crippen LogP contribution in [0, 0.1) is 0 Å². The highest BCUT2D eigenvalue weighted by atomic mass is 32.2. The first-order valence-electron chi connectivity index (χ1n) is 12.9. The maximum absolute atomic E-state index is 12.1. The molecule has 2 heterocycles. The molecule has 0 spiro atoms. The van der Waals surface area contributed by atoms with Gasteiger partial charge in [0.1, 0.15) is 21.0 Å². The Morgan fingerprint density at radius 2 is 1.62 bits per heavy atom. The predicted molar refractivity (Wildman–Crippen MR) is 159 cm³/mol. The third-order valence-electron chi connectivity index (χ3n) is 6.59. The average Bonchev–Trinajstić information content (AvgIpc) is 3.70. The van der Waals surface area contributed by atoms with Crippen molar-refractivity contribution in [2.75, 3.05) is 34.5 Å². The van der Waals surface area contributed by atoms with Crippen LogP contribution in [0.5, 0.6) is 0 Å². The summed E-state index contributed by atoms with van der Waals surface area (Å²) in [7, 11) is -7.03. The van der Waals surface area contributed by atoms with Gasteiger partial charge in [-0.2, -0.15) is 4.98 Å². The monoisotopic (exact) mass is 611 g/mol. The number of aromatic nitrogens is 3. The quantitative estimate of drug-likeness (QED) is 0.165. The molecule has 1 fully saturated rings. The summed E-state index contributed by atoms with van der Waals surface area (Å²) in [6, 6.07) is 16.6. The van der Waals surface area contributed by atoms with Gasteiger partial charge in [-0.25, -0.2) is 31.9 Å². The summed E-state index contributed by atoms with van der Waals surface area (Å²) < 4.78 is 46.4. The van der Waals surface area contributed by atoms with Crippen molar-refractivity contribution in [3.05, 3.63) is 66.2 Å². The summed E-state index contributed by atoms with van der Waals surface area (Å²) in [5.41, 5.74) is 2.33. The van der Waals surface area contributed by atoms with Gasteiger partial charge in [0.05, 0.1) is 21.9 Å². The molecule has 2 aromatic carbocycles. The minimum atomic E-state index is -3.80. The van der Waals surface area contributed by atoms with Crippen molar-refractivity contribution in [3.63, 3.8) is 0 Å². The van der Waals surface area contributed by atoms with E-state index in [0.717, 1.165) is 17.4 Å². The highest BCUT2D eigenvalue weighted by Crippen LogP contribution is 2.36. The number of anilines is 3. The maximum atomic E-state index is 12.1. The number of primary sulfonamides is 1. The molecule has 0 aliphatic heterocycles. The number of aliphatic hydroxyl groups is 1. The van der Waals surface area contributed by atoms with E-state index in [1.54, 1.807) is 48.5 Å². The van der Waals surface area contributed by atoms with Gasteiger partial charge in [0.2, 0.25) is 16.0 Å². The van der Waals surface area contributed by atoms with E-state index in [-0.39, 0.29) is 29.7 Å². The molecule has 4 aromatic rings.